The number of fused-ring (bicyclic) bond motifs is 1. The average Bonchev–Trinajstić information content (AvgIpc) is 2.88. The van der Waals surface area contributed by atoms with Crippen LogP contribution in [0.25, 0.3) is 10.9 Å². The summed E-state index contributed by atoms with van der Waals surface area (Å²) in [6.45, 7) is 1.88. The third-order valence-corrected chi connectivity index (χ3v) is 4.81. The van der Waals surface area contributed by atoms with E-state index in [1.54, 1.807) is 18.2 Å². The topological polar surface area (TPSA) is 84.1 Å². The largest absolute Gasteiger partial charge is 0.494 e. The Morgan fingerprint density at radius 2 is 2.00 bits per heavy atom. The van der Waals surface area contributed by atoms with Crippen LogP contribution in [0, 0.1) is 12.7 Å². The lowest BCUT2D eigenvalue weighted by Crippen LogP contribution is -2.13. The Morgan fingerprint density at radius 1 is 1.22 bits per heavy atom. The summed E-state index contributed by atoms with van der Waals surface area (Å²) >= 11 is 0. The highest BCUT2D eigenvalue weighted by atomic mass is 32.2. The molecule has 2 N–H and O–H groups in total. The van der Waals surface area contributed by atoms with E-state index >= 15 is 0 Å². The molecule has 0 bridgehead atoms. The summed E-state index contributed by atoms with van der Waals surface area (Å²) in [5.74, 6) is -0.758. The molecule has 23 heavy (non-hydrogen) atoms. The number of aromatic amines is 1. The van der Waals surface area contributed by atoms with Gasteiger partial charge in [0.2, 0.25) is 0 Å². The van der Waals surface area contributed by atoms with Crippen LogP contribution in [0.15, 0.2) is 41.3 Å². The van der Waals surface area contributed by atoms with Crippen LogP contribution in [-0.4, -0.2) is 25.7 Å². The molecule has 2 aromatic carbocycles. The Morgan fingerprint density at radius 3 is 2.74 bits per heavy atom. The van der Waals surface area contributed by atoms with Crippen molar-refractivity contribution >= 4 is 26.6 Å². The van der Waals surface area contributed by atoms with Gasteiger partial charge in [-0.25, -0.2) is 12.8 Å². The Balaban J connectivity index is 1.96. The van der Waals surface area contributed by atoms with E-state index in [1.165, 1.54) is 13.2 Å². The standard InChI is InChI=1S/C15H14FN3O3S/c1-9-12-5-3-10(7-14(12)18-17-9)19-23(20,21)11-4-6-13(16)15(8-11)22-2/h3-8,19H,1-2H3,(H,17,18). The van der Waals surface area contributed by atoms with Crippen molar-refractivity contribution < 1.29 is 17.5 Å². The van der Waals surface area contributed by atoms with Gasteiger partial charge in [0.15, 0.2) is 11.6 Å². The number of aryl methyl sites for hydroxylation is 1. The SMILES string of the molecule is COc1cc(S(=O)(=O)Nc2ccc3c(C)[nH]nc3c2)ccc1F. The van der Waals surface area contributed by atoms with Crippen molar-refractivity contribution in [2.24, 2.45) is 0 Å². The highest BCUT2D eigenvalue weighted by Gasteiger charge is 2.17. The Kier molecular flexibility index (Phi) is 3.69. The molecule has 0 atom stereocenters. The van der Waals surface area contributed by atoms with Crippen LogP contribution < -0.4 is 9.46 Å². The van der Waals surface area contributed by atoms with Gasteiger partial charge in [-0.3, -0.25) is 9.82 Å². The minimum atomic E-state index is -3.86. The summed E-state index contributed by atoms with van der Waals surface area (Å²) < 4.78 is 45.5. The summed E-state index contributed by atoms with van der Waals surface area (Å²) in [6.07, 6.45) is 0. The van der Waals surface area contributed by atoms with Crippen molar-refractivity contribution in [2.75, 3.05) is 11.8 Å². The molecule has 0 fully saturated rings. The molecule has 8 heteroatoms. The van der Waals surface area contributed by atoms with E-state index < -0.39 is 15.8 Å². The van der Waals surface area contributed by atoms with Crippen molar-refractivity contribution in [1.29, 1.82) is 0 Å². The number of aromatic nitrogens is 2. The third kappa shape index (κ3) is 2.85. The number of sulfonamides is 1. The zero-order valence-electron chi connectivity index (χ0n) is 12.4. The summed E-state index contributed by atoms with van der Waals surface area (Å²) in [5.41, 5.74) is 1.92. The molecule has 1 aromatic heterocycles. The number of hydrogen-bond acceptors (Lipinski definition) is 4. The van der Waals surface area contributed by atoms with Gasteiger partial charge < -0.3 is 4.74 Å². The lowest BCUT2D eigenvalue weighted by Gasteiger charge is -2.09. The molecule has 0 unspecified atom stereocenters. The second kappa shape index (κ2) is 5.54. The molecule has 0 aliphatic rings. The van der Waals surface area contributed by atoms with E-state index in [0.29, 0.717) is 11.2 Å². The number of hydrogen-bond donors (Lipinski definition) is 2. The predicted molar refractivity (Wildman–Crippen MR) is 84.6 cm³/mol. The Bertz CT molecular complexity index is 983. The number of benzene rings is 2. The van der Waals surface area contributed by atoms with Crippen LogP contribution in [0.5, 0.6) is 5.75 Å². The minimum absolute atomic E-state index is 0.0888. The van der Waals surface area contributed by atoms with Crippen LogP contribution in [0.1, 0.15) is 5.69 Å². The van der Waals surface area contributed by atoms with Gasteiger partial charge in [-0.05, 0) is 37.3 Å². The van der Waals surface area contributed by atoms with Gasteiger partial charge in [-0.2, -0.15) is 5.10 Å². The lowest BCUT2D eigenvalue weighted by atomic mass is 10.2. The summed E-state index contributed by atoms with van der Waals surface area (Å²) in [7, 11) is -2.59. The van der Waals surface area contributed by atoms with Crippen LogP contribution in [0.4, 0.5) is 10.1 Å². The second-order valence-electron chi connectivity index (χ2n) is 4.98. The second-order valence-corrected chi connectivity index (χ2v) is 6.66. The quantitative estimate of drug-likeness (QED) is 0.768. The monoisotopic (exact) mass is 335 g/mol. The first kappa shape index (κ1) is 15.3. The van der Waals surface area contributed by atoms with E-state index in [2.05, 4.69) is 14.9 Å². The van der Waals surface area contributed by atoms with E-state index in [0.717, 1.165) is 23.2 Å². The van der Waals surface area contributed by atoms with E-state index in [-0.39, 0.29) is 10.6 Å². The molecule has 0 amide bonds. The maximum atomic E-state index is 13.4. The zero-order valence-corrected chi connectivity index (χ0v) is 13.2. The highest BCUT2D eigenvalue weighted by molar-refractivity contribution is 7.92. The molecule has 6 nitrogen and oxygen atoms in total. The molecule has 0 spiro atoms. The fourth-order valence-corrected chi connectivity index (χ4v) is 3.29. The van der Waals surface area contributed by atoms with Crippen molar-refractivity contribution in [3.63, 3.8) is 0 Å². The van der Waals surface area contributed by atoms with E-state index in [1.807, 2.05) is 6.92 Å². The van der Waals surface area contributed by atoms with Crippen molar-refractivity contribution in [3.8, 4) is 5.75 Å². The highest BCUT2D eigenvalue weighted by Crippen LogP contribution is 2.25. The number of rotatable bonds is 4. The number of H-pyrrole nitrogens is 1. The maximum Gasteiger partial charge on any atom is 0.262 e. The third-order valence-electron chi connectivity index (χ3n) is 3.43. The first-order valence-electron chi connectivity index (χ1n) is 6.72. The van der Waals surface area contributed by atoms with Crippen LogP contribution in [0.2, 0.25) is 0 Å². The van der Waals surface area contributed by atoms with Gasteiger partial charge in [0.1, 0.15) is 0 Å². The van der Waals surface area contributed by atoms with Crippen LogP contribution >= 0.6 is 0 Å². The van der Waals surface area contributed by atoms with Gasteiger partial charge in [-0.15, -0.1) is 0 Å². The Labute approximate surface area is 132 Å². The van der Waals surface area contributed by atoms with Crippen molar-refractivity contribution in [1.82, 2.24) is 10.2 Å². The molecule has 0 radical (unpaired) electrons. The number of halogens is 1. The summed E-state index contributed by atoms with van der Waals surface area (Å²) in [4.78, 5) is -0.0888. The number of methoxy groups -OCH3 is 1. The van der Waals surface area contributed by atoms with Crippen LogP contribution in [-0.2, 0) is 10.0 Å². The Hall–Kier alpha value is -2.61. The average molecular weight is 335 g/mol. The number of anilines is 1. The normalized spacial score (nSPS) is 11.6. The number of nitrogens with zero attached hydrogens (tertiary/aromatic N) is 1. The first-order valence-corrected chi connectivity index (χ1v) is 8.20. The molecule has 0 aliphatic carbocycles. The molecule has 0 saturated carbocycles. The van der Waals surface area contributed by atoms with Crippen molar-refractivity contribution in [2.45, 2.75) is 11.8 Å². The molecule has 3 rings (SSSR count). The van der Waals surface area contributed by atoms with Gasteiger partial charge in [0.25, 0.3) is 10.0 Å². The number of nitrogens with one attached hydrogen (secondary N) is 2. The molecular weight excluding hydrogens is 321 g/mol. The summed E-state index contributed by atoms with van der Waals surface area (Å²) in [5, 5.41) is 7.84. The van der Waals surface area contributed by atoms with Crippen molar-refractivity contribution in [3.05, 3.63) is 47.9 Å². The molecule has 1 heterocycles. The molecule has 0 saturated heterocycles. The maximum absolute atomic E-state index is 13.4. The van der Waals surface area contributed by atoms with Crippen LogP contribution in [0.3, 0.4) is 0 Å². The van der Waals surface area contributed by atoms with Gasteiger partial charge in [-0.1, -0.05) is 0 Å². The minimum Gasteiger partial charge on any atom is -0.494 e. The van der Waals surface area contributed by atoms with Gasteiger partial charge >= 0.3 is 0 Å². The molecule has 0 aliphatic heterocycles. The van der Waals surface area contributed by atoms with E-state index in [4.69, 9.17) is 4.74 Å². The molecule has 120 valence electrons. The fourth-order valence-electron chi connectivity index (χ4n) is 2.23. The van der Waals surface area contributed by atoms with E-state index in [9.17, 15) is 12.8 Å². The number of ether oxygens (including phenoxy) is 1. The summed E-state index contributed by atoms with van der Waals surface area (Å²) in [6, 6.07) is 8.40. The molecular formula is C15H14FN3O3S. The zero-order chi connectivity index (χ0) is 16.6. The lowest BCUT2D eigenvalue weighted by molar-refractivity contribution is 0.385. The predicted octanol–water partition coefficient (Wildman–Crippen LogP) is 2.82. The van der Waals surface area contributed by atoms with Gasteiger partial charge in [0.05, 0.1) is 23.2 Å². The fraction of sp³-hybridized carbons (Fsp3) is 0.133. The molecule has 3 aromatic rings. The first-order chi connectivity index (χ1) is 10.9. The van der Waals surface area contributed by atoms with Gasteiger partial charge in [0, 0.05) is 17.1 Å². The smallest absolute Gasteiger partial charge is 0.262 e.